The van der Waals surface area contributed by atoms with E-state index in [1.165, 1.54) is 13.2 Å². The fraction of sp³-hybridized carbons (Fsp3) is 0.161. The number of aromatic nitrogens is 1. The number of carbonyl (C=O) groups is 1. The van der Waals surface area contributed by atoms with E-state index in [0.29, 0.717) is 17.4 Å². The smallest absolute Gasteiger partial charge is 0.339 e. The SMILES string of the molecule is C=C(C)COC(COc1ccc(OC)cc1C(=O)O)c1cccc(/C=C/c2ccc3ccc(Cl)cc3n2)c1. The Morgan fingerprint density at radius 3 is 2.66 bits per heavy atom. The molecule has 0 saturated heterocycles. The van der Waals surface area contributed by atoms with Crippen molar-refractivity contribution in [3.05, 3.63) is 112 Å². The second-order valence-electron chi connectivity index (χ2n) is 8.81. The van der Waals surface area contributed by atoms with E-state index in [1.807, 2.05) is 73.7 Å². The van der Waals surface area contributed by atoms with Gasteiger partial charge in [0.2, 0.25) is 0 Å². The van der Waals surface area contributed by atoms with Gasteiger partial charge < -0.3 is 19.3 Å². The van der Waals surface area contributed by atoms with Crippen molar-refractivity contribution in [3.8, 4) is 11.5 Å². The van der Waals surface area contributed by atoms with Crippen LogP contribution in [0.1, 0.15) is 40.2 Å². The fourth-order valence-corrected chi connectivity index (χ4v) is 3.99. The zero-order valence-corrected chi connectivity index (χ0v) is 21.9. The highest BCUT2D eigenvalue weighted by molar-refractivity contribution is 6.31. The van der Waals surface area contributed by atoms with Gasteiger partial charge in [-0.2, -0.15) is 0 Å². The summed E-state index contributed by atoms with van der Waals surface area (Å²) in [7, 11) is 1.48. The predicted molar refractivity (Wildman–Crippen MR) is 151 cm³/mol. The summed E-state index contributed by atoms with van der Waals surface area (Å²) < 4.78 is 17.2. The van der Waals surface area contributed by atoms with Crippen LogP contribution in [0, 0.1) is 0 Å². The van der Waals surface area contributed by atoms with Gasteiger partial charge in [0.05, 0.1) is 24.9 Å². The first-order chi connectivity index (χ1) is 18.3. The molecule has 0 radical (unpaired) electrons. The highest BCUT2D eigenvalue weighted by Crippen LogP contribution is 2.27. The molecule has 1 atom stereocenters. The van der Waals surface area contributed by atoms with E-state index in [1.54, 1.807) is 12.1 Å². The van der Waals surface area contributed by atoms with Gasteiger partial charge in [-0.05, 0) is 66.6 Å². The monoisotopic (exact) mass is 529 g/mol. The molecule has 3 aromatic carbocycles. The maximum absolute atomic E-state index is 11.7. The highest BCUT2D eigenvalue weighted by Gasteiger charge is 2.18. The second kappa shape index (κ2) is 12.4. The standard InChI is InChI=1S/C31H28ClNO5/c1-20(2)18-37-30(19-38-29-14-13-26(36-3)17-27(29)31(34)35)23-6-4-5-21(15-23)7-11-25-12-9-22-8-10-24(32)16-28(22)33-25/h4-17,30H,1,18-19H2,2-3H3,(H,34,35)/b11-7+. The lowest BCUT2D eigenvalue weighted by molar-refractivity contribution is 0.0314. The molecule has 1 N–H and O–H groups in total. The molecule has 4 rings (SSSR count). The zero-order chi connectivity index (χ0) is 27.1. The number of halogens is 1. The van der Waals surface area contributed by atoms with Crippen LogP contribution in [0.15, 0.2) is 84.9 Å². The number of carboxylic acids is 1. The summed E-state index contributed by atoms with van der Waals surface area (Å²) >= 11 is 6.12. The summed E-state index contributed by atoms with van der Waals surface area (Å²) in [6.45, 7) is 6.25. The van der Waals surface area contributed by atoms with Crippen molar-refractivity contribution >= 4 is 40.6 Å². The van der Waals surface area contributed by atoms with E-state index in [2.05, 4.69) is 11.6 Å². The number of pyridine rings is 1. The zero-order valence-electron chi connectivity index (χ0n) is 21.2. The largest absolute Gasteiger partial charge is 0.497 e. The average molecular weight is 530 g/mol. The lowest BCUT2D eigenvalue weighted by atomic mass is 10.1. The van der Waals surface area contributed by atoms with Crippen molar-refractivity contribution < 1.29 is 24.1 Å². The number of nitrogens with zero attached hydrogens (tertiary/aromatic N) is 1. The van der Waals surface area contributed by atoms with Gasteiger partial charge in [-0.15, -0.1) is 0 Å². The van der Waals surface area contributed by atoms with Gasteiger partial charge in [-0.25, -0.2) is 9.78 Å². The third-order valence-electron chi connectivity index (χ3n) is 5.74. The van der Waals surface area contributed by atoms with Crippen LogP contribution >= 0.6 is 11.6 Å². The maximum atomic E-state index is 11.7. The number of carboxylic acid groups (broad SMARTS) is 1. The quantitative estimate of drug-likeness (QED) is 0.203. The van der Waals surface area contributed by atoms with Crippen LogP contribution < -0.4 is 9.47 Å². The summed E-state index contributed by atoms with van der Waals surface area (Å²) in [6, 6.07) is 22.2. The molecule has 1 aromatic heterocycles. The van der Waals surface area contributed by atoms with Gasteiger partial charge in [0.15, 0.2) is 0 Å². The number of fused-ring (bicyclic) bond motifs is 1. The van der Waals surface area contributed by atoms with Crippen molar-refractivity contribution in [2.75, 3.05) is 20.3 Å². The van der Waals surface area contributed by atoms with Crippen LogP contribution in [0.25, 0.3) is 23.1 Å². The Labute approximate surface area is 226 Å². The number of hydrogen-bond donors (Lipinski definition) is 1. The first kappa shape index (κ1) is 26.9. The first-order valence-corrected chi connectivity index (χ1v) is 12.3. The summed E-state index contributed by atoms with van der Waals surface area (Å²) in [5.74, 6) is -0.427. The predicted octanol–water partition coefficient (Wildman–Crippen LogP) is 7.48. The van der Waals surface area contributed by atoms with Crippen LogP contribution in [0.2, 0.25) is 5.02 Å². The molecule has 194 valence electrons. The second-order valence-corrected chi connectivity index (χ2v) is 9.25. The summed E-state index contributed by atoms with van der Waals surface area (Å²) in [4.78, 5) is 16.4. The topological polar surface area (TPSA) is 77.9 Å². The third kappa shape index (κ3) is 7.00. The highest BCUT2D eigenvalue weighted by atomic mass is 35.5. The van der Waals surface area contributed by atoms with Gasteiger partial charge in [0.1, 0.15) is 29.8 Å². The van der Waals surface area contributed by atoms with E-state index in [-0.39, 0.29) is 17.9 Å². The molecule has 1 unspecified atom stereocenters. The molecule has 38 heavy (non-hydrogen) atoms. The minimum atomic E-state index is -1.10. The third-order valence-corrected chi connectivity index (χ3v) is 5.98. The average Bonchev–Trinajstić information content (AvgIpc) is 2.91. The lowest BCUT2D eigenvalue weighted by Crippen LogP contribution is -2.16. The Balaban J connectivity index is 1.55. The molecule has 0 bridgehead atoms. The fourth-order valence-electron chi connectivity index (χ4n) is 3.82. The molecule has 7 heteroatoms. The number of ether oxygens (including phenoxy) is 3. The van der Waals surface area contributed by atoms with Crippen molar-refractivity contribution in [2.45, 2.75) is 13.0 Å². The Kier molecular flexibility index (Phi) is 8.79. The Bertz CT molecular complexity index is 1500. The van der Waals surface area contributed by atoms with E-state index in [4.69, 9.17) is 25.8 Å². The van der Waals surface area contributed by atoms with Gasteiger partial charge in [0, 0.05) is 10.4 Å². The molecule has 0 saturated carbocycles. The Morgan fingerprint density at radius 1 is 1.08 bits per heavy atom. The molecule has 0 aliphatic rings. The molecule has 4 aromatic rings. The van der Waals surface area contributed by atoms with Crippen LogP contribution in [-0.4, -0.2) is 36.4 Å². The number of hydrogen-bond acceptors (Lipinski definition) is 5. The normalized spacial score (nSPS) is 12.0. The summed E-state index contributed by atoms with van der Waals surface area (Å²) in [5.41, 5.74) is 4.36. The Morgan fingerprint density at radius 2 is 1.89 bits per heavy atom. The van der Waals surface area contributed by atoms with Crippen LogP contribution in [0.4, 0.5) is 0 Å². The van der Waals surface area contributed by atoms with Gasteiger partial charge in [0.25, 0.3) is 0 Å². The van der Waals surface area contributed by atoms with Crippen LogP contribution in [0.3, 0.4) is 0 Å². The van der Waals surface area contributed by atoms with Crippen molar-refractivity contribution in [1.29, 1.82) is 0 Å². The van der Waals surface area contributed by atoms with Gasteiger partial charge in [-0.3, -0.25) is 0 Å². The molecule has 0 aliphatic carbocycles. The molecule has 6 nitrogen and oxygen atoms in total. The molecular formula is C31H28ClNO5. The molecule has 0 fully saturated rings. The molecule has 0 amide bonds. The number of rotatable bonds is 11. The minimum Gasteiger partial charge on any atom is -0.497 e. The summed E-state index contributed by atoms with van der Waals surface area (Å²) in [6.07, 6.45) is 3.46. The van der Waals surface area contributed by atoms with Crippen molar-refractivity contribution in [2.24, 2.45) is 0 Å². The number of methoxy groups -OCH3 is 1. The van der Waals surface area contributed by atoms with Crippen molar-refractivity contribution in [3.63, 3.8) is 0 Å². The van der Waals surface area contributed by atoms with E-state index in [0.717, 1.165) is 33.3 Å². The van der Waals surface area contributed by atoms with E-state index in [9.17, 15) is 9.90 Å². The number of aromatic carboxylic acids is 1. The lowest BCUT2D eigenvalue weighted by Gasteiger charge is -2.20. The minimum absolute atomic E-state index is 0.0175. The molecule has 0 aliphatic heterocycles. The van der Waals surface area contributed by atoms with Gasteiger partial charge in [-0.1, -0.05) is 60.2 Å². The van der Waals surface area contributed by atoms with Crippen LogP contribution in [-0.2, 0) is 4.74 Å². The molecule has 1 heterocycles. The summed E-state index contributed by atoms with van der Waals surface area (Å²) in [5, 5.41) is 11.3. The van der Waals surface area contributed by atoms with E-state index < -0.39 is 12.1 Å². The van der Waals surface area contributed by atoms with E-state index >= 15 is 0 Å². The maximum Gasteiger partial charge on any atom is 0.339 e. The first-order valence-electron chi connectivity index (χ1n) is 12.0. The van der Waals surface area contributed by atoms with Gasteiger partial charge >= 0.3 is 5.97 Å². The van der Waals surface area contributed by atoms with Crippen LogP contribution in [0.5, 0.6) is 11.5 Å². The van der Waals surface area contributed by atoms with Crippen molar-refractivity contribution in [1.82, 2.24) is 4.98 Å². The number of benzene rings is 3. The molecular weight excluding hydrogens is 502 g/mol. The Hall–Kier alpha value is -4.13. The molecule has 0 spiro atoms.